The Hall–Kier alpha value is -3.80. The first kappa shape index (κ1) is 21.4. The molecule has 0 radical (unpaired) electrons. The number of hydrogen-bond donors (Lipinski definition) is 1. The molecule has 2 heterocycles. The Morgan fingerprint density at radius 3 is 2.09 bits per heavy atom. The maximum Gasteiger partial charge on any atom is 0.302 e. The first-order valence-electron chi connectivity index (χ1n) is 10.4. The molecule has 0 saturated carbocycles. The Balaban J connectivity index is 1.91. The molecule has 6 heteroatoms. The number of aryl methyl sites for hydroxylation is 1. The van der Waals surface area contributed by atoms with Gasteiger partial charge in [0.05, 0.1) is 11.6 Å². The predicted octanol–water partition coefficient (Wildman–Crippen LogP) is 4.71. The molecule has 1 aliphatic heterocycles. The molecule has 6 nitrogen and oxygen atoms in total. The highest BCUT2D eigenvalue weighted by Crippen LogP contribution is 2.41. The number of hydrogen-bond acceptors (Lipinski definition) is 5. The van der Waals surface area contributed by atoms with Gasteiger partial charge >= 0.3 is 5.91 Å². The molecule has 1 aromatic heterocycles. The minimum absolute atomic E-state index is 0.0230. The van der Waals surface area contributed by atoms with Crippen molar-refractivity contribution in [1.29, 1.82) is 0 Å². The average Bonchev–Trinajstić information content (AvgIpc) is 3.04. The van der Waals surface area contributed by atoms with Crippen LogP contribution in [0.25, 0.3) is 5.76 Å². The van der Waals surface area contributed by atoms with Gasteiger partial charge in [0.2, 0.25) is 5.95 Å². The SMILES string of the molecule is Cc1ccc(/C(O)=C2/C(=O)C(=O)N(c3ncccn3)C2c2ccc(C(C)(C)C)cc2)cc1. The summed E-state index contributed by atoms with van der Waals surface area (Å²) < 4.78 is 0. The quantitative estimate of drug-likeness (QED) is 0.372. The van der Waals surface area contributed by atoms with Crippen LogP contribution >= 0.6 is 0 Å². The molecule has 0 bridgehead atoms. The van der Waals surface area contributed by atoms with E-state index in [9.17, 15) is 14.7 Å². The minimum atomic E-state index is -0.840. The molecule has 1 amide bonds. The lowest BCUT2D eigenvalue weighted by Gasteiger charge is -2.25. The molecule has 162 valence electrons. The van der Waals surface area contributed by atoms with Crippen molar-refractivity contribution < 1.29 is 14.7 Å². The van der Waals surface area contributed by atoms with E-state index in [2.05, 4.69) is 30.7 Å². The van der Waals surface area contributed by atoms with E-state index in [-0.39, 0.29) is 22.7 Å². The Bertz CT molecular complexity index is 1190. The van der Waals surface area contributed by atoms with E-state index in [1.807, 2.05) is 43.3 Å². The lowest BCUT2D eigenvalue weighted by atomic mass is 9.85. The number of rotatable bonds is 3. The van der Waals surface area contributed by atoms with Gasteiger partial charge < -0.3 is 5.11 Å². The first-order chi connectivity index (χ1) is 15.2. The van der Waals surface area contributed by atoms with Gasteiger partial charge in [0.25, 0.3) is 5.78 Å². The van der Waals surface area contributed by atoms with Crippen LogP contribution in [0.1, 0.15) is 49.1 Å². The van der Waals surface area contributed by atoms with E-state index < -0.39 is 17.7 Å². The highest BCUT2D eigenvalue weighted by atomic mass is 16.3. The Morgan fingerprint density at radius 2 is 1.53 bits per heavy atom. The maximum atomic E-state index is 13.1. The van der Waals surface area contributed by atoms with Gasteiger partial charge in [-0.25, -0.2) is 9.97 Å². The van der Waals surface area contributed by atoms with E-state index in [0.29, 0.717) is 11.1 Å². The number of nitrogens with zero attached hydrogens (tertiary/aromatic N) is 3. The summed E-state index contributed by atoms with van der Waals surface area (Å²) in [6, 6.07) is 15.7. The number of ketones is 1. The Kier molecular flexibility index (Phi) is 5.38. The molecule has 1 saturated heterocycles. The van der Waals surface area contributed by atoms with Crippen molar-refractivity contribution in [2.24, 2.45) is 0 Å². The van der Waals surface area contributed by atoms with E-state index in [1.54, 1.807) is 18.2 Å². The van der Waals surface area contributed by atoms with Gasteiger partial charge in [-0.3, -0.25) is 14.5 Å². The maximum absolute atomic E-state index is 13.1. The molecule has 1 N–H and O–H groups in total. The van der Waals surface area contributed by atoms with Crippen molar-refractivity contribution >= 4 is 23.4 Å². The summed E-state index contributed by atoms with van der Waals surface area (Å²) in [6.07, 6.45) is 3.03. The summed E-state index contributed by atoms with van der Waals surface area (Å²) >= 11 is 0. The van der Waals surface area contributed by atoms with Gasteiger partial charge in [-0.15, -0.1) is 0 Å². The number of carbonyl (C=O) groups excluding carboxylic acids is 2. The predicted molar refractivity (Wildman–Crippen MR) is 123 cm³/mol. The number of anilines is 1. The summed E-state index contributed by atoms with van der Waals surface area (Å²) in [4.78, 5) is 35.8. The second kappa shape index (κ2) is 8.04. The largest absolute Gasteiger partial charge is 0.507 e. The Morgan fingerprint density at radius 1 is 0.938 bits per heavy atom. The van der Waals surface area contributed by atoms with Gasteiger partial charge in [0.1, 0.15) is 5.76 Å². The number of Topliss-reactive ketones (excluding diaryl/α,β-unsaturated/α-hetero) is 1. The minimum Gasteiger partial charge on any atom is -0.507 e. The van der Waals surface area contributed by atoms with Gasteiger partial charge in [0, 0.05) is 18.0 Å². The van der Waals surface area contributed by atoms with Gasteiger partial charge in [-0.05, 0) is 29.5 Å². The first-order valence-corrected chi connectivity index (χ1v) is 10.4. The standard InChI is InChI=1S/C26H25N3O3/c1-16-6-8-18(9-7-16)22(30)20-21(17-10-12-19(13-11-17)26(2,3)4)29(24(32)23(20)31)25-27-14-5-15-28-25/h5-15,21,30H,1-4H3/b22-20-. The third-order valence-electron chi connectivity index (χ3n) is 5.63. The van der Waals surface area contributed by atoms with E-state index >= 15 is 0 Å². The summed E-state index contributed by atoms with van der Waals surface area (Å²) in [5.41, 5.74) is 3.28. The molecule has 32 heavy (non-hydrogen) atoms. The lowest BCUT2D eigenvalue weighted by Crippen LogP contribution is -2.31. The van der Waals surface area contributed by atoms with Gasteiger partial charge in [0.15, 0.2) is 0 Å². The second-order valence-electron chi connectivity index (χ2n) is 8.96. The van der Waals surface area contributed by atoms with Crippen LogP contribution in [0.5, 0.6) is 0 Å². The van der Waals surface area contributed by atoms with Crippen molar-refractivity contribution in [3.63, 3.8) is 0 Å². The van der Waals surface area contributed by atoms with Crippen molar-refractivity contribution in [3.05, 3.63) is 94.8 Å². The molecule has 2 aromatic carbocycles. The fourth-order valence-corrected chi connectivity index (χ4v) is 3.80. The molecule has 0 spiro atoms. The molecule has 1 fully saturated rings. The number of carbonyl (C=O) groups is 2. The number of aromatic nitrogens is 2. The van der Waals surface area contributed by atoms with Crippen LogP contribution in [0.3, 0.4) is 0 Å². The van der Waals surface area contributed by atoms with E-state index in [4.69, 9.17) is 0 Å². The summed E-state index contributed by atoms with van der Waals surface area (Å²) in [5.74, 6) is -1.63. The number of benzene rings is 2. The fraction of sp³-hybridized carbons (Fsp3) is 0.231. The zero-order valence-electron chi connectivity index (χ0n) is 18.5. The molecule has 1 unspecified atom stereocenters. The number of aliphatic hydroxyl groups is 1. The fourth-order valence-electron chi connectivity index (χ4n) is 3.80. The number of amides is 1. The van der Waals surface area contributed by atoms with Crippen LogP contribution in [0.15, 0.2) is 72.6 Å². The molecule has 3 aromatic rings. The number of aliphatic hydroxyl groups excluding tert-OH is 1. The topological polar surface area (TPSA) is 83.4 Å². The van der Waals surface area contributed by atoms with E-state index in [1.165, 1.54) is 17.3 Å². The van der Waals surface area contributed by atoms with Crippen LogP contribution in [0, 0.1) is 6.92 Å². The molecule has 1 aliphatic rings. The van der Waals surface area contributed by atoms with Crippen molar-refractivity contribution in [2.45, 2.75) is 39.2 Å². The zero-order valence-corrected chi connectivity index (χ0v) is 18.5. The Labute approximate surface area is 187 Å². The lowest BCUT2D eigenvalue weighted by molar-refractivity contribution is -0.132. The summed E-state index contributed by atoms with van der Waals surface area (Å²) in [6.45, 7) is 8.28. The molecule has 4 rings (SSSR count). The van der Waals surface area contributed by atoms with Crippen LogP contribution < -0.4 is 4.90 Å². The van der Waals surface area contributed by atoms with Gasteiger partial charge in [-0.2, -0.15) is 0 Å². The molecule has 0 aliphatic carbocycles. The summed E-state index contributed by atoms with van der Waals surface area (Å²) in [7, 11) is 0. The third-order valence-corrected chi connectivity index (χ3v) is 5.63. The van der Waals surface area contributed by atoms with Crippen molar-refractivity contribution in [1.82, 2.24) is 9.97 Å². The third kappa shape index (κ3) is 3.80. The van der Waals surface area contributed by atoms with Gasteiger partial charge in [-0.1, -0.05) is 74.9 Å². The zero-order chi connectivity index (χ0) is 23.0. The van der Waals surface area contributed by atoms with Crippen LogP contribution in [0.2, 0.25) is 0 Å². The highest BCUT2D eigenvalue weighted by Gasteiger charge is 2.48. The molecular formula is C26H25N3O3. The highest BCUT2D eigenvalue weighted by molar-refractivity contribution is 6.51. The second-order valence-corrected chi connectivity index (χ2v) is 8.96. The summed E-state index contributed by atoms with van der Waals surface area (Å²) in [5, 5.41) is 11.1. The normalized spacial score (nSPS) is 18.2. The van der Waals surface area contributed by atoms with Crippen LogP contribution in [-0.2, 0) is 15.0 Å². The van der Waals surface area contributed by atoms with Crippen LogP contribution in [-0.4, -0.2) is 26.8 Å². The van der Waals surface area contributed by atoms with E-state index in [0.717, 1.165) is 11.1 Å². The molecule has 1 atom stereocenters. The average molecular weight is 428 g/mol. The van der Waals surface area contributed by atoms with Crippen molar-refractivity contribution in [3.8, 4) is 0 Å². The smallest absolute Gasteiger partial charge is 0.302 e. The monoisotopic (exact) mass is 427 g/mol. The molecular weight excluding hydrogens is 402 g/mol. The van der Waals surface area contributed by atoms with Crippen LogP contribution in [0.4, 0.5) is 5.95 Å². The van der Waals surface area contributed by atoms with Crippen molar-refractivity contribution in [2.75, 3.05) is 4.90 Å².